The van der Waals surface area contributed by atoms with Crippen LogP contribution in [0.3, 0.4) is 0 Å². The van der Waals surface area contributed by atoms with Crippen molar-refractivity contribution in [2.45, 2.75) is 31.0 Å². The number of rotatable bonds is 3. The van der Waals surface area contributed by atoms with Crippen molar-refractivity contribution in [1.29, 1.82) is 0 Å². The quantitative estimate of drug-likeness (QED) is 0.815. The number of methoxy groups -OCH3 is 1. The number of nitrogens with one attached hydrogen (secondary N) is 1. The van der Waals surface area contributed by atoms with Gasteiger partial charge in [0.2, 0.25) is 0 Å². The van der Waals surface area contributed by atoms with Crippen LogP contribution in [0.2, 0.25) is 0 Å². The van der Waals surface area contributed by atoms with Crippen LogP contribution in [-0.4, -0.2) is 48.1 Å². The summed E-state index contributed by atoms with van der Waals surface area (Å²) in [6.07, 6.45) is 5.24. The molecule has 0 aliphatic carbocycles. The molecule has 2 aliphatic heterocycles. The minimum Gasteiger partial charge on any atom is -0.369 e. The number of hydrogen-bond acceptors (Lipinski definition) is 4. The smallest absolute Gasteiger partial charge is 0.255 e. The maximum Gasteiger partial charge on any atom is 0.255 e. The third-order valence-corrected chi connectivity index (χ3v) is 4.09. The van der Waals surface area contributed by atoms with Crippen LogP contribution in [-0.2, 0) is 9.53 Å². The van der Waals surface area contributed by atoms with E-state index in [1.54, 1.807) is 19.5 Å². The molecule has 0 radical (unpaired) electrons. The summed E-state index contributed by atoms with van der Waals surface area (Å²) in [5.74, 6) is 0.121. The second kappa shape index (κ2) is 5.27. The molecule has 0 unspecified atom stereocenters. The van der Waals surface area contributed by atoms with Crippen molar-refractivity contribution in [3.8, 4) is 0 Å². The Kier molecular flexibility index (Phi) is 3.48. The van der Waals surface area contributed by atoms with Gasteiger partial charge in [-0.25, -0.2) is 0 Å². The Morgan fingerprint density at radius 3 is 2.63 bits per heavy atom. The van der Waals surface area contributed by atoms with Crippen LogP contribution >= 0.6 is 0 Å². The summed E-state index contributed by atoms with van der Waals surface area (Å²) >= 11 is 0. The standard InChI is InChI=1S/C14H19N3O2/c1-19-13-12(10-2-6-15-7-3-10)17(14(13)18)11-4-8-16-9-5-11/h2-3,6-7,11-13,16H,4-5,8-9H2,1H3/t12-,13+/m0/s1. The van der Waals surface area contributed by atoms with Gasteiger partial charge in [-0.3, -0.25) is 9.78 Å². The zero-order valence-electron chi connectivity index (χ0n) is 11.1. The lowest BCUT2D eigenvalue weighted by atomic mass is 9.87. The van der Waals surface area contributed by atoms with E-state index >= 15 is 0 Å². The van der Waals surface area contributed by atoms with E-state index in [4.69, 9.17) is 4.74 Å². The summed E-state index contributed by atoms with van der Waals surface area (Å²) in [6.45, 7) is 1.96. The Morgan fingerprint density at radius 2 is 2.00 bits per heavy atom. The number of hydrogen-bond donors (Lipinski definition) is 1. The van der Waals surface area contributed by atoms with Crippen molar-refractivity contribution in [2.24, 2.45) is 0 Å². The lowest BCUT2D eigenvalue weighted by Gasteiger charge is -2.51. The fraction of sp³-hybridized carbons (Fsp3) is 0.571. The number of nitrogens with zero attached hydrogens (tertiary/aromatic N) is 2. The average molecular weight is 261 g/mol. The van der Waals surface area contributed by atoms with Gasteiger partial charge >= 0.3 is 0 Å². The zero-order chi connectivity index (χ0) is 13.2. The van der Waals surface area contributed by atoms with Gasteiger partial charge in [0.05, 0.1) is 6.04 Å². The number of carbonyl (C=O) groups is 1. The van der Waals surface area contributed by atoms with Crippen molar-refractivity contribution in [3.63, 3.8) is 0 Å². The fourth-order valence-electron chi connectivity index (χ4n) is 3.10. The highest BCUT2D eigenvalue weighted by Gasteiger charge is 2.51. The first-order valence-electron chi connectivity index (χ1n) is 6.78. The molecule has 102 valence electrons. The zero-order valence-corrected chi connectivity index (χ0v) is 11.1. The van der Waals surface area contributed by atoms with E-state index in [1.807, 2.05) is 17.0 Å². The molecule has 1 aromatic heterocycles. The normalized spacial score (nSPS) is 28.3. The molecule has 1 aromatic rings. The summed E-state index contributed by atoms with van der Waals surface area (Å²) < 4.78 is 5.36. The van der Waals surface area contributed by atoms with Crippen molar-refractivity contribution < 1.29 is 9.53 Å². The first-order valence-corrected chi connectivity index (χ1v) is 6.78. The molecule has 1 N–H and O–H groups in total. The molecule has 0 spiro atoms. The SMILES string of the molecule is CO[C@H]1C(=O)N(C2CCNCC2)[C@H]1c1ccncc1. The van der Waals surface area contributed by atoms with Crippen LogP contribution < -0.4 is 5.32 Å². The Balaban J connectivity index is 1.83. The molecule has 2 aliphatic rings. The number of likely N-dealkylation sites (tertiary alicyclic amines) is 1. The highest BCUT2D eigenvalue weighted by Crippen LogP contribution is 2.39. The monoisotopic (exact) mass is 261 g/mol. The second-order valence-corrected chi connectivity index (χ2v) is 5.11. The third-order valence-electron chi connectivity index (χ3n) is 4.09. The number of piperidine rings is 1. The topological polar surface area (TPSA) is 54.5 Å². The van der Waals surface area contributed by atoms with E-state index in [0.717, 1.165) is 31.5 Å². The van der Waals surface area contributed by atoms with Gasteiger partial charge in [0.1, 0.15) is 0 Å². The van der Waals surface area contributed by atoms with Gasteiger partial charge in [0.15, 0.2) is 6.10 Å². The lowest BCUT2D eigenvalue weighted by molar-refractivity contribution is -0.177. The van der Waals surface area contributed by atoms with Crippen molar-refractivity contribution in [2.75, 3.05) is 20.2 Å². The van der Waals surface area contributed by atoms with Gasteiger partial charge in [-0.05, 0) is 43.6 Å². The van der Waals surface area contributed by atoms with E-state index in [2.05, 4.69) is 10.3 Å². The molecule has 0 bridgehead atoms. The van der Waals surface area contributed by atoms with Crippen LogP contribution in [0, 0.1) is 0 Å². The Bertz CT molecular complexity index is 445. The lowest BCUT2D eigenvalue weighted by Crippen LogP contribution is -2.64. The number of amides is 1. The van der Waals surface area contributed by atoms with Crippen LogP contribution in [0.25, 0.3) is 0 Å². The van der Waals surface area contributed by atoms with Crippen LogP contribution in [0.15, 0.2) is 24.5 Å². The first-order chi connectivity index (χ1) is 9.33. The number of ether oxygens (including phenoxy) is 1. The summed E-state index contributed by atoms with van der Waals surface area (Å²) in [5.41, 5.74) is 1.11. The third kappa shape index (κ3) is 2.13. The van der Waals surface area contributed by atoms with Crippen LogP contribution in [0.4, 0.5) is 0 Å². The van der Waals surface area contributed by atoms with Crippen molar-refractivity contribution in [1.82, 2.24) is 15.2 Å². The van der Waals surface area contributed by atoms with Gasteiger partial charge in [-0.2, -0.15) is 0 Å². The molecule has 0 saturated carbocycles. The van der Waals surface area contributed by atoms with Crippen LogP contribution in [0.5, 0.6) is 0 Å². The van der Waals surface area contributed by atoms with Gasteiger partial charge < -0.3 is 15.0 Å². The number of carbonyl (C=O) groups excluding carboxylic acids is 1. The Labute approximate surface area is 113 Å². The van der Waals surface area contributed by atoms with Crippen LogP contribution in [0.1, 0.15) is 24.4 Å². The molecule has 0 aromatic carbocycles. The van der Waals surface area contributed by atoms with E-state index in [9.17, 15) is 4.79 Å². The molecular weight excluding hydrogens is 242 g/mol. The van der Waals surface area contributed by atoms with Gasteiger partial charge in [0.25, 0.3) is 5.91 Å². The van der Waals surface area contributed by atoms with Gasteiger partial charge in [-0.1, -0.05) is 0 Å². The van der Waals surface area contributed by atoms with Gasteiger partial charge in [-0.15, -0.1) is 0 Å². The number of aromatic nitrogens is 1. The highest BCUT2D eigenvalue weighted by atomic mass is 16.5. The number of pyridine rings is 1. The van der Waals surface area contributed by atoms with Gasteiger partial charge in [0, 0.05) is 25.5 Å². The van der Waals surface area contributed by atoms with E-state index < -0.39 is 0 Å². The minimum absolute atomic E-state index is 0.0450. The molecule has 2 saturated heterocycles. The van der Waals surface area contributed by atoms with E-state index in [-0.39, 0.29) is 18.1 Å². The fourth-order valence-corrected chi connectivity index (χ4v) is 3.10. The summed E-state index contributed by atoms with van der Waals surface area (Å²) in [7, 11) is 1.61. The molecule has 5 heteroatoms. The summed E-state index contributed by atoms with van der Waals surface area (Å²) in [4.78, 5) is 18.3. The molecular formula is C14H19N3O2. The molecule has 3 rings (SSSR count). The molecule has 5 nitrogen and oxygen atoms in total. The number of β-lactam (4-membered cyclic amide) rings is 1. The predicted octanol–water partition coefficient (Wildman–Crippen LogP) is 0.732. The minimum atomic E-state index is -0.336. The average Bonchev–Trinajstić information content (AvgIpc) is 2.47. The first kappa shape index (κ1) is 12.6. The predicted molar refractivity (Wildman–Crippen MR) is 70.5 cm³/mol. The largest absolute Gasteiger partial charge is 0.369 e. The Morgan fingerprint density at radius 1 is 1.32 bits per heavy atom. The maximum absolute atomic E-state index is 12.2. The molecule has 19 heavy (non-hydrogen) atoms. The summed E-state index contributed by atoms with van der Waals surface area (Å²) in [6, 6.07) is 4.32. The molecule has 2 fully saturated rings. The Hall–Kier alpha value is -1.46. The second-order valence-electron chi connectivity index (χ2n) is 5.11. The summed E-state index contributed by atoms with van der Waals surface area (Å²) in [5, 5.41) is 3.33. The van der Waals surface area contributed by atoms with E-state index in [0.29, 0.717) is 6.04 Å². The molecule has 3 heterocycles. The van der Waals surface area contributed by atoms with Crippen molar-refractivity contribution in [3.05, 3.63) is 30.1 Å². The molecule has 1 amide bonds. The highest BCUT2D eigenvalue weighted by molar-refractivity contribution is 5.89. The van der Waals surface area contributed by atoms with Crippen molar-refractivity contribution >= 4 is 5.91 Å². The molecule has 2 atom stereocenters. The van der Waals surface area contributed by atoms with E-state index in [1.165, 1.54) is 0 Å². The maximum atomic E-state index is 12.2.